The van der Waals surface area contributed by atoms with E-state index < -0.39 is 13.7 Å². The lowest BCUT2D eigenvalue weighted by atomic mass is 10.0. The van der Waals surface area contributed by atoms with Crippen LogP contribution in [0.15, 0.2) is 0 Å². The molecule has 1 atom stereocenters. The fraction of sp³-hybridized carbons (Fsp3) is 1.00. The molecule has 0 radical (unpaired) electrons. The maximum absolute atomic E-state index is 11.5. The number of hydrogen-bond acceptors (Lipinski definition) is 5. The first-order chi connectivity index (χ1) is 6.69. The molecule has 4 aliphatic rings. The average molecular weight is 219 g/mol. The van der Waals surface area contributed by atoms with E-state index in [4.69, 9.17) is 13.6 Å². The summed E-state index contributed by atoms with van der Waals surface area (Å²) < 4.78 is 27.4. The topological polar surface area (TPSA) is 48.0 Å². The largest absolute Gasteiger partial charge is 0.482 e. The first-order valence-electron chi connectivity index (χ1n) is 5.13. The van der Waals surface area contributed by atoms with Crippen LogP contribution in [-0.2, 0) is 18.1 Å². The minimum absolute atomic E-state index is 0.145. The Morgan fingerprint density at radius 2 is 2.36 bits per heavy atom. The third-order valence-corrected chi connectivity index (χ3v) is 4.46. The first kappa shape index (κ1) is 9.31. The molecule has 0 aromatic rings. The summed E-state index contributed by atoms with van der Waals surface area (Å²) in [6, 6.07) is 0. The molecule has 14 heavy (non-hydrogen) atoms. The summed E-state index contributed by atoms with van der Waals surface area (Å²) in [7, 11) is -3.12. The summed E-state index contributed by atoms with van der Waals surface area (Å²) in [5, 5.41) is 0. The van der Waals surface area contributed by atoms with Crippen LogP contribution in [0.2, 0.25) is 0 Å². The van der Waals surface area contributed by atoms with Crippen molar-refractivity contribution in [3.63, 3.8) is 0 Å². The van der Waals surface area contributed by atoms with Crippen LogP contribution in [0.3, 0.4) is 0 Å². The van der Waals surface area contributed by atoms with Crippen molar-refractivity contribution in [3.05, 3.63) is 0 Å². The van der Waals surface area contributed by atoms with Gasteiger partial charge in [-0.15, -0.1) is 0 Å². The molecular formula is C8H14NO4P. The number of piperidine rings is 1. The van der Waals surface area contributed by atoms with E-state index in [2.05, 4.69) is 11.8 Å². The van der Waals surface area contributed by atoms with E-state index in [1.165, 1.54) is 0 Å². The molecule has 0 amide bonds. The first-order valence-corrected chi connectivity index (χ1v) is 6.59. The highest BCUT2D eigenvalue weighted by atomic mass is 31.2. The molecule has 0 aromatic heterocycles. The molecule has 5 nitrogen and oxygen atoms in total. The predicted molar refractivity (Wildman–Crippen MR) is 48.5 cm³/mol. The highest BCUT2D eigenvalue weighted by Gasteiger charge is 2.74. The van der Waals surface area contributed by atoms with Gasteiger partial charge < -0.3 is 0 Å². The van der Waals surface area contributed by atoms with Crippen molar-refractivity contribution in [2.24, 2.45) is 0 Å². The number of hydrogen-bond donors (Lipinski definition) is 0. The van der Waals surface area contributed by atoms with E-state index in [0.29, 0.717) is 0 Å². The van der Waals surface area contributed by atoms with Crippen molar-refractivity contribution in [2.45, 2.75) is 38.2 Å². The average Bonchev–Trinajstić information content (AvgIpc) is 2.53. The molecule has 0 N–H and O–H groups in total. The summed E-state index contributed by atoms with van der Waals surface area (Å²) in [4.78, 5) is 2.10. The fourth-order valence-electron chi connectivity index (χ4n) is 2.43. The summed E-state index contributed by atoms with van der Waals surface area (Å²) in [5.74, 6) is -0.788. The number of rotatable bonds is 2. The zero-order valence-electron chi connectivity index (χ0n) is 8.14. The highest BCUT2D eigenvalue weighted by molar-refractivity contribution is 7.50. The quantitative estimate of drug-likeness (QED) is 0.661. The van der Waals surface area contributed by atoms with Crippen molar-refractivity contribution in [2.75, 3.05) is 13.1 Å². The minimum Gasteiger partial charge on any atom is -0.276 e. The van der Waals surface area contributed by atoms with Crippen LogP contribution in [0.1, 0.15) is 26.2 Å². The summed E-state index contributed by atoms with van der Waals surface area (Å²) in [6.45, 7) is 3.95. The smallest absolute Gasteiger partial charge is 0.276 e. The van der Waals surface area contributed by atoms with Crippen LogP contribution in [0.4, 0.5) is 0 Å². The molecule has 1 spiro atoms. The number of phosphoric acid groups is 1. The fourth-order valence-corrected chi connectivity index (χ4v) is 4.18. The van der Waals surface area contributed by atoms with Gasteiger partial charge in [0.25, 0.3) is 5.91 Å². The second kappa shape index (κ2) is 2.80. The van der Waals surface area contributed by atoms with Crippen molar-refractivity contribution in [3.8, 4) is 0 Å². The lowest BCUT2D eigenvalue weighted by Gasteiger charge is -2.46. The number of phosphoric ester groups is 1. The Labute approximate surface area is 82.9 Å². The zero-order chi connectivity index (χ0) is 9.81. The van der Waals surface area contributed by atoms with Crippen LogP contribution in [-0.4, -0.2) is 30.0 Å². The third-order valence-electron chi connectivity index (χ3n) is 2.98. The van der Waals surface area contributed by atoms with Gasteiger partial charge in [-0.2, -0.15) is 0 Å². The second-order valence-corrected chi connectivity index (χ2v) is 5.45. The van der Waals surface area contributed by atoms with E-state index in [9.17, 15) is 4.57 Å². The van der Waals surface area contributed by atoms with E-state index in [1.54, 1.807) is 0 Å². The Morgan fingerprint density at radius 3 is 3.07 bits per heavy atom. The van der Waals surface area contributed by atoms with Gasteiger partial charge in [0.1, 0.15) is 6.10 Å². The molecular weight excluding hydrogens is 205 g/mol. The Bertz CT molecular complexity index is 296. The Morgan fingerprint density at radius 1 is 1.57 bits per heavy atom. The van der Waals surface area contributed by atoms with E-state index in [-0.39, 0.29) is 6.10 Å². The second-order valence-electron chi connectivity index (χ2n) is 3.98. The highest BCUT2D eigenvalue weighted by Crippen LogP contribution is 2.76. The summed E-state index contributed by atoms with van der Waals surface area (Å²) in [6.07, 6.45) is 2.82. The molecule has 4 heterocycles. The molecule has 2 bridgehead atoms. The standard InChI is InChI=1S/C8H14NO4P/c1-2-5-9-6-3-4-7-8(9)12-14(10,11-7)13-8/h7H,2-6H2,1H3. The Balaban J connectivity index is 1.86. The molecule has 4 aliphatic heterocycles. The third kappa shape index (κ3) is 1.02. The van der Waals surface area contributed by atoms with Gasteiger partial charge in [-0.1, -0.05) is 6.92 Å². The lowest BCUT2D eigenvalue weighted by Crippen LogP contribution is -2.61. The molecule has 4 rings (SSSR count). The maximum Gasteiger partial charge on any atom is 0.482 e. The predicted octanol–water partition coefficient (Wildman–Crippen LogP) is 1.70. The van der Waals surface area contributed by atoms with Crippen molar-refractivity contribution >= 4 is 7.82 Å². The maximum atomic E-state index is 11.5. The van der Waals surface area contributed by atoms with Gasteiger partial charge in [0.15, 0.2) is 0 Å². The Kier molecular flexibility index (Phi) is 1.86. The van der Waals surface area contributed by atoms with Crippen LogP contribution in [0, 0.1) is 0 Å². The van der Waals surface area contributed by atoms with Crippen molar-refractivity contribution in [1.29, 1.82) is 0 Å². The van der Waals surface area contributed by atoms with Crippen molar-refractivity contribution in [1.82, 2.24) is 4.90 Å². The molecule has 80 valence electrons. The van der Waals surface area contributed by atoms with Crippen LogP contribution >= 0.6 is 7.82 Å². The molecule has 6 heteroatoms. The Hall–Kier alpha value is 0.0700. The van der Waals surface area contributed by atoms with E-state index in [0.717, 1.165) is 32.4 Å². The van der Waals surface area contributed by atoms with Gasteiger partial charge in [0, 0.05) is 13.1 Å². The zero-order valence-corrected chi connectivity index (χ0v) is 9.03. The van der Waals surface area contributed by atoms with Gasteiger partial charge in [-0.25, -0.2) is 18.5 Å². The van der Waals surface area contributed by atoms with Crippen LogP contribution < -0.4 is 0 Å². The van der Waals surface area contributed by atoms with Gasteiger partial charge in [0.05, 0.1) is 0 Å². The van der Waals surface area contributed by atoms with Crippen LogP contribution in [0.5, 0.6) is 0 Å². The van der Waals surface area contributed by atoms with Crippen molar-refractivity contribution < 1.29 is 18.1 Å². The molecule has 4 saturated heterocycles. The molecule has 1 unspecified atom stereocenters. The van der Waals surface area contributed by atoms with Gasteiger partial charge >= 0.3 is 7.82 Å². The normalized spacial score (nSPS) is 51.4. The van der Waals surface area contributed by atoms with E-state index >= 15 is 0 Å². The van der Waals surface area contributed by atoms with E-state index in [1.807, 2.05) is 0 Å². The molecule has 4 fully saturated rings. The summed E-state index contributed by atoms with van der Waals surface area (Å²) >= 11 is 0. The van der Waals surface area contributed by atoms with Gasteiger partial charge in [-0.3, -0.25) is 4.52 Å². The summed E-state index contributed by atoms with van der Waals surface area (Å²) in [5.41, 5.74) is 0. The number of nitrogens with zero attached hydrogens (tertiary/aromatic N) is 1. The number of likely N-dealkylation sites (tertiary alicyclic amines) is 1. The SMILES string of the molecule is CCCN1CCCC2OP3(=O)OC21O3. The monoisotopic (exact) mass is 219 g/mol. The van der Waals surface area contributed by atoms with Gasteiger partial charge in [-0.05, 0) is 19.3 Å². The molecule has 0 saturated carbocycles. The lowest BCUT2D eigenvalue weighted by molar-refractivity contribution is -0.289. The molecule has 0 aliphatic carbocycles. The van der Waals surface area contributed by atoms with Gasteiger partial charge in [0.2, 0.25) is 0 Å². The minimum atomic E-state index is -3.12. The molecule has 0 aromatic carbocycles. The van der Waals surface area contributed by atoms with Crippen LogP contribution in [0.25, 0.3) is 0 Å².